The molecule has 72 valence electrons. The number of hydrogen-bond donors (Lipinski definition) is 1. The van der Waals surface area contributed by atoms with E-state index in [2.05, 4.69) is 5.32 Å². The summed E-state index contributed by atoms with van der Waals surface area (Å²) in [5.74, 6) is 0.621. The summed E-state index contributed by atoms with van der Waals surface area (Å²) >= 11 is 0. The van der Waals surface area contributed by atoms with Gasteiger partial charge in [0.25, 0.3) is 0 Å². The summed E-state index contributed by atoms with van der Waals surface area (Å²) in [6.45, 7) is 0. The molecule has 2 fully saturated rings. The molecule has 3 nitrogen and oxygen atoms in total. The van der Waals surface area contributed by atoms with Gasteiger partial charge in [-0.2, -0.15) is 0 Å². The summed E-state index contributed by atoms with van der Waals surface area (Å²) < 4.78 is 0. The average molecular weight is 181 g/mol. The van der Waals surface area contributed by atoms with Gasteiger partial charge in [0.2, 0.25) is 5.91 Å². The van der Waals surface area contributed by atoms with Gasteiger partial charge in [-0.25, -0.2) is 0 Å². The smallest absolute Gasteiger partial charge is 0.220 e. The first kappa shape index (κ1) is 8.73. The van der Waals surface area contributed by atoms with E-state index < -0.39 is 0 Å². The van der Waals surface area contributed by atoms with Gasteiger partial charge in [-0.3, -0.25) is 9.59 Å². The Bertz CT molecular complexity index is 237. The zero-order valence-corrected chi connectivity index (χ0v) is 7.71. The van der Waals surface area contributed by atoms with Crippen LogP contribution in [0.15, 0.2) is 0 Å². The van der Waals surface area contributed by atoms with E-state index in [9.17, 15) is 9.59 Å². The lowest BCUT2D eigenvalue weighted by atomic mass is 9.92. The van der Waals surface area contributed by atoms with Crippen molar-refractivity contribution in [2.75, 3.05) is 0 Å². The van der Waals surface area contributed by atoms with Gasteiger partial charge in [0, 0.05) is 24.8 Å². The van der Waals surface area contributed by atoms with E-state index in [1.165, 1.54) is 0 Å². The molecular weight excluding hydrogens is 166 g/mol. The highest BCUT2D eigenvalue weighted by molar-refractivity contribution is 5.85. The maximum absolute atomic E-state index is 11.6. The fourth-order valence-electron chi connectivity index (χ4n) is 2.41. The first-order valence-electron chi connectivity index (χ1n) is 5.09. The molecule has 13 heavy (non-hydrogen) atoms. The van der Waals surface area contributed by atoms with E-state index in [4.69, 9.17) is 0 Å². The molecule has 0 spiro atoms. The molecule has 1 aliphatic carbocycles. The van der Waals surface area contributed by atoms with Crippen LogP contribution in [-0.4, -0.2) is 17.7 Å². The van der Waals surface area contributed by atoms with Crippen molar-refractivity contribution in [1.82, 2.24) is 5.32 Å². The van der Waals surface area contributed by atoms with E-state index in [0.29, 0.717) is 18.6 Å². The fraction of sp³-hybridized carbons (Fsp3) is 0.800. The molecule has 2 unspecified atom stereocenters. The molecule has 1 amide bonds. The quantitative estimate of drug-likeness (QED) is 0.606. The van der Waals surface area contributed by atoms with Crippen LogP contribution in [0.1, 0.15) is 38.5 Å². The molecule has 0 bridgehead atoms. The van der Waals surface area contributed by atoms with E-state index >= 15 is 0 Å². The molecule has 2 rings (SSSR count). The molecule has 0 aromatic heterocycles. The summed E-state index contributed by atoms with van der Waals surface area (Å²) in [7, 11) is 0. The van der Waals surface area contributed by atoms with Crippen LogP contribution >= 0.6 is 0 Å². The highest BCUT2D eigenvalue weighted by Gasteiger charge is 2.34. The molecule has 1 saturated heterocycles. The van der Waals surface area contributed by atoms with Crippen molar-refractivity contribution in [3.05, 3.63) is 0 Å². The standard InChI is InChI=1S/C10H15NO2/c12-9-5-2-6-10(13)11-8-4-1-3-7(8)9/h7-8H,1-6H2,(H,11,13). The molecule has 2 aliphatic rings. The first-order valence-corrected chi connectivity index (χ1v) is 5.09. The van der Waals surface area contributed by atoms with Crippen molar-refractivity contribution < 1.29 is 9.59 Å². The lowest BCUT2D eigenvalue weighted by Crippen LogP contribution is -2.41. The van der Waals surface area contributed by atoms with E-state index in [1.807, 2.05) is 0 Å². The van der Waals surface area contributed by atoms with Gasteiger partial charge in [-0.05, 0) is 19.3 Å². The average Bonchev–Trinajstić information content (AvgIpc) is 2.49. The molecule has 3 heteroatoms. The minimum absolute atomic E-state index is 0.129. The van der Waals surface area contributed by atoms with Crippen molar-refractivity contribution in [3.63, 3.8) is 0 Å². The molecule has 1 heterocycles. The van der Waals surface area contributed by atoms with Crippen LogP contribution in [0.3, 0.4) is 0 Å². The van der Waals surface area contributed by atoms with Crippen LogP contribution in [-0.2, 0) is 9.59 Å². The maximum atomic E-state index is 11.6. The van der Waals surface area contributed by atoms with Gasteiger partial charge < -0.3 is 5.32 Å². The van der Waals surface area contributed by atoms with Crippen LogP contribution in [0.5, 0.6) is 0 Å². The molecule has 2 atom stereocenters. The second kappa shape index (κ2) is 3.48. The van der Waals surface area contributed by atoms with Crippen molar-refractivity contribution in [2.24, 2.45) is 5.92 Å². The second-order valence-corrected chi connectivity index (χ2v) is 4.03. The third-order valence-corrected chi connectivity index (χ3v) is 3.10. The lowest BCUT2D eigenvalue weighted by Gasteiger charge is -2.22. The number of ketones is 1. The number of Topliss-reactive ketones (excluding diaryl/α,β-unsaturated/α-hetero) is 1. The van der Waals surface area contributed by atoms with Gasteiger partial charge in [-0.15, -0.1) is 0 Å². The summed E-state index contributed by atoms with van der Waals surface area (Å²) in [6, 6.07) is 0.153. The van der Waals surface area contributed by atoms with Crippen molar-refractivity contribution in [2.45, 2.75) is 44.6 Å². The van der Waals surface area contributed by atoms with Crippen molar-refractivity contribution >= 4 is 11.7 Å². The number of rotatable bonds is 0. The van der Waals surface area contributed by atoms with Crippen molar-refractivity contribution in [1.29, 1.82) is 0 Å². The number of carbonyl (C=O) groups excluding carboxylic acids is 2. The van der Waals surface area contributed by atoms with Crippen molar-refractivity contribution in [3.8, 4) is 0 Å². The van der Waals surface area contributed by atoms with Gasteiger partial charge in [0.1, 0.15) is 5.78 Å². The number of carbonyl (C=O) groups is 2. The Morgan fingerprint density at radius 1 is 1.08 bits per heavy atom. The molecule has 1 N–H and O–H groups in total. The highest BCUT2D eigenvalue weighted by Crippen LogP contribution is 2.29. The minimum Gasteiger partial charge on any atom is -0.353 e. The minimum atomic E-state index is 0.129. The van der Waals surface area contributed by atoms with Crippen LogP contribution in [0.4, 0.5) is 0 Å². The van der Waals surface area contributed by atoms with E-state index in [-0.39, 0.29) is 17.9 Å². The van der Waals surface area contributed by atoms with Crippen LogP contribution in [0.2, 0.25) is 0 Å². The highest BCUT2D eigenvalue weighted by atomic mass is 16.2. The van der Waals surface area contributed by atoms with Gasteiger partial charge in [0.05, 0.1) is 0 Å². The Morgan fingerprint density at radius 3 is 2.77 bits per heavy atom. The molecule has 1 aliphatic heterocycles. The summed E-state index contributed by atoms with van der Waals surface area (Å²) in [4.78, 5) is 22.9. The third kappa shape index (κ3) is 1.74. The summed E-state index contributed by atoms with van der Waals surface area (Å²) in [5.41, 5.74) is 0. The number of nitrogens with one attached hydrogen (secondary N) is 1. The molecule has 1 saturated carbocycles. The Balaban J connectivity index is 2.09. The first-order chi connectivity index (χ1) is 6.27. The van der Waals surface area contributed by atoms with Gasteiger partial charge in [-0.1, -0.05) is 6.42 Å². The molecule has 0 aromatic carbocycles. The van der Waals surface area contributed by atoms with Crippen LogP contribution in [0, 0.1) is 5.92 Å². The Labute approximate surface area is 77.9 Å². The Hall–Kier alpha value is -0.860. The Kier molecular flexibility index (Phi) is 2.34. The predicted octanol–water partition coefficient (Wildman–Crippen LogP) is 1.02. The van der Waals surface area contributed by atoms with E-state index in [0.717, 1.165) is 25.7 Å². The zero-order valence-electron chi connectivity index (χ0n) is 7.71. The number of hydrogen-bond acceptors (Lipinski definition) is 2. The fourth-order valence-corrected chi connectivity index (χ4v) is 2.41. The molecular formula is C10H15NO2. The third-order valence-electron chi connectivity index (χ3n) is 3.10. The molecule has 0 radical (unpaired) electrons. The predicted molar refractivity (Wildman–Crippen MR) is 48.1 cm³/mol. The molecule has 0 aromatic rings. The monoisotopic (exact) mass is 181 g/mol. The van der Waals surface area contributed by atoms with E-state index in [1.54, 1.807) is 0 Å². The SMILES string of the molecule is O=C1CCCC(=O)C2CCCC2N1. The van der Waals surface area contributed by atoms with Gasteiger partial charge in [0.15, 0.2) is 0 Å². The Morgan fingerprint density at radius 2 is 1.92 bits per heavy atom. The van der Waals surface area contributed by atoms with Crippen LogP contribution in [0.25, 0.3) is 0 Å². The van der Waals surface area contributed by atoms with Gasteiger partial charge >= 0.3 is 0 Å². The largest absolute Gasteiger partial charge is 0.353 e. The number of amides is 1. The zero-order chi connectivity index (χ0) is 9.26. The van der Waals surface area contributed by atoms with Crippen LogP contribution < -0.4 is 5.32 Å². The lowest BCUT2D eigenvalue weighted by molar-refractivity contribution is -0.127. The second-order valence-electron chi connectivity index (χ2n) is 4.03. The summed E-state index contributed by atoms with van der Waals surface area (Å²) in [6.07, 6.45) is 4.91. The number of fused-ring (bicyclic) bond motifs is 1. The maximum Gasteiger partial charge on any atom is 0.220 e. The summed E-state index contributed by atoms with van der Waals surface area (Å²) in [5, 5.41) is 2.95. The normalized spacial score (nSPS) is 34.8. The topological polar surface area (TPSA) is 46.2 Å².